The molecule has 0 heterocycles. The normalized spacial score (nSPS) is 11.9. The van der Waals surface area contributed by atoms with E-state index in [0.29, 0.717) is 0 Å². The predicted octanol–water partition coefficient (Wildman–Crippen LogP) is 2.29. The Kier molecular flexibility index (Phi) is 5.09. The van der Waals surface area contributed by atoms with Gasteiger partial charge in [0.15, 0.2) is 0 Å². The van der Waals surface area contributed by atoms with Gasteiger partial charge in [-0.2, -0.15) is 0 Å². The third-order valence-corrected chi connectivity index (χ3v) is 2.34. The molecule has 114 valence electrons. The minimum atomic E-state index is -0.632. The molecule has 21 heavy (non-hydrogen) atoms. The number of nitrogens with two attached hydrogens (primary N) is 1. The number of amides is 2. The van der Waals surface area contributed by atoms with Crippen molar-refractivity contribution in [2.75, 3.05) is 0 Å². The summed E-state index contributed by atoms with van der Waals surface area (Å²) < 4.78 is 0. The summed E-state index contributed by atoms with van der Waals surface area (Å²) >= 11 is 5.69. The fraction of sp³-hybridized carbons (Fsp3) is 0.333. The van der Waals surface area contributed by atoms with Gasteiger partial charge in [-0.05, 0) is 32.9 Å². The van der Waals surface area contributed by atoms with Crippen molar-refractivity contribution in [1.29, 1.82) is 0 Å². The molecule has 1 rings (SSSR count). The minimum Gasteiger partial charge on any atom is -0.369 e. The van der Waals surface area contributed by atoms with Crippen LogP contribution in [0.5, 0.6) is 0 Å². The molecule has 0 fully saturated rings. The number of aliphatic imine (C=N–C) groups is 1. The zero-order valence-electron chi connectivity index (χ0n) is 11.8. The van der Waals surface area contributed by atoms with E-state index in [1.807, 2.05) is 0 Å². The number of hydrogen-bond donors (Lipinski definition) is 3. The molecule has 9 heteroatoms. The van der Waals surface area contributed by atoms with Crippen molar-refractivity contribution in [2.24, 2.45) is 10.7 Å². The van der Waals surface area contributed by atoms with E-state index in [0.717, 1.165) is 6.07 Å². The highest BCUT2D eigenvalue weighted by Crippen LogP contribution is 2.29. The molecule has 0 aromatic heterocycles. The van der Waals surface area contributed by atoms with Gasteiger partial charge in [0.25, 0.3) is 5.69 Å². The van der Waals surface area contributed by atoms with Gasteiger partial charge in [0.2, 0.25) is 5.96 Å². The Morgan fingerprint density at radius 1 is 1.43 bits per heavy atom. The zero-order valence-corrected chi connectivity index (χ0v) is 12.6. The average Bonchev–Trinajstić information content (AvgIpc) is 2.28. The fourth-order valence-electron chi connectivity index (χ4n) is 1.38. The van der Waals surface area contributed by atoms with Crippen LogP contribution in [0.1, 0.15) is 20.8 Å². The van der Waals surface area contributed by atoms with Crippen molar-refractivity contribution in [3.05, 3.63) is 33.3 Å². The highest BCUT2D eigenvalue weighted by atomic mass is 35.5. The van der Waals surface area contributed by atoms with Crippen LogP contribution in [0.4, 0.5) is 16.2 Å². The molecule has 0 unspecified atom stereocenters. The number of nitrogens with one attached hydrogen (secondary N) is 2. The van der Waals surface area contributed by atoms with Crippen LogP contribution >= 0.6 is 11.6 Å². The maximum Gasteiger partial charge on any atom is 0.321 e. The Bertz CT molecular complexity index is 595. The van der Waals surface area contributed by atoms with Gasteiger partial charge >= 0.3 is 6.03 Å². The van der Waals surface area contributed by atoms with Crippen molar-refractivity contribution in [2.45, 2.75) is 26.3 Å². The van der Waals surface area contributed by atoms with E-state index in [-0.39, 0.29) is 22.4 Å². The van der Waals surface area contributed by atoms with Gasteiger partial charge in [-0.25, -0.2) is 9.79 Å². The molecule has 0 aliphatic rings. The van der Waals surface area contributed by atoms with E-state index in [1.54, 1.807) is 20.8 Å². The van der Waals surface area contributed by atoms with Gasteiger partial charge in [0.05, 0.1) is 4.92 Å². The quantitative estimate of drug-likeness (QED) is 0.335. The maximum absolute atomic E-state index is 11.6. The molecule has 0 atom stereocenters. The van der Waals surface area contributed by atoms with E-state index in [2.05, 4.69) is 15.6 Å². The first-order chi connectivity index (χ1) is 9.58. The predicted molar refractivity (Wildman–Crippen MR) is 80.8 cm³/mol. The smallest absolute Gasteiger partial charge is 0.321 e. The number of carbonyl (C=O) groups is 1. The second-order valence-electron chi connectivity index (χ2n) is 5.22. The van der Waals surface area contributed by atoms with Gasteiger partial charge in [0, 0.05) is 16.6 Å². The van der Waals surface area contributed by atoms with Crippen LogP contribution in [-0.4, -0.2) is 22.5 Å². The summed E-state index contributed by atoms with van der Waals surface area (Å²) in [6.07, 6.45) is 0. The second-order valence-corrected chi connectivity index (χ2v) is 5.65. The van der Waals surface area contributed by atoms with Crippen molar-refractivity contribution >= 4 is 35.0 Å². The molecule has 4 N–H and O–H groups in total. The molecular formula is C12H16ClN5O3. The summed E-state index contributed by atoms with van der Waals surface area (Å²) in [6.45, 7) is 5.39. The number of hydrogen-bond acceptors (Lipinski definition) is 4. The number of benzene rings is 1. The highest BCUT2D eigenvalue weighted by Gasteiger charge is 2.16. The lowest BCUT2D eigenvalue weighted by Gasteiger charge is -2.20. The molecule has 0 aliphatic heterocycles. The summed E-state index contributed by atoms with van der Waals surface area (Å²) in [5.74, 6) is -0.262. The highest BCUT2D eigenvalue weighted by molar-refractivity contribution is 6.30. The average molecular weight is 314 g/mol. The first-order valence-corrected chi connectivity index (χ1v) is 6.33. The minimum absolute atomic E-state index is 0.00189. The molecule has 1 aromatic carbocycles. The zero-order chi connectivity index (χ0) is 16.2. The van der Waals surface area contributed by atoms with E-state index >= 15 is 0 Å². The van der Waals surface area contributed by atoms with Crippen LogP contribution in [0.15, 0.2) is 23.2 Å². The van der Waals surface area contributed by atoms with E-state index in [1.165, 1.54) is 12.1 Å². The summed E-state index contributed by atoms with van der Waals surface area (Å²) in [6, 6.07) is 3.38. The fourth-order valence-corrected chi connectivity index (χ4v) is 1.55. The van der Waals surface area contributed by atoms with Crippen molar-refractivity contribution in [3.63, 3.8) is 0 Å². The number of guanidine groups is 1. The summed E-state index contributed by atoms with van der Waals surface area (Å²) in [5.41, 5.74) is 4.80. The lowest BCUT2D eigenvalue weighted by molar-refractivity contribution is -0.384. The standard InChI is InChI=1S/C12H16ClN5O3/c1-12(2,3)17-11(19)16-10(14)15-8-5-4-7(13)6-9(8)18(20)21/h4-6H,1-3H3,(H4,14,15,16,17,19). The lowest BCUT2D eigenvalue weighted by atomic mass is 10.1. The Morgan fingerprint density at radius 2 is 2.05 bits per heavy atom. The molecule has 0 bridgehead atoms. The molecule has 0 radical (unpaired) electrons. The number of halogens is 1. The first-order valence-electron chi connectivity index (χ1n) is 5.96. The molecule has 2 amide bonds. The molecule has 0 saturated heterocycles. The van der Waals surface area contributed by atoms with Gasteiger partial charge in [0.1, 0.15) is 5.69 Å². The lowest BCUT2D eigenvalue weighted by Crippen LogP contribution is -2.50. The van der Waals surface area contributed by atoms with E-state index in [4.69, 9.17) is 17.3 Å². The van der Waals surface area contributed by atoms with Crippen LogP contribution in [0.2, 0.25) is 5.02 Å². The molecule has 0 saturated carbocycles. The van der Waals surface area contributed by atoms with E-state index in [9.17, 15) is 14.9 Å². The molecule has 0 aliphatic carbocycles. The number of nitro benzene ring substituents is 1. The van der Waals surface area contributed by atoms with Gasteiger partial charge in [-0.3, -0.25) is 15.4 Å². The Labute approximate surface area is 126 Å². The Hall–Kier alpha value is -2.35. The summed E-state index contributed by atoms with van der Waals surface area (Å²) in [5, 5.41) is 16.0. The topological polar surface area (TPSA) is 123 Å². The van der Waals surface area contributed by atoms with Crippen LogP contribution in [0.25, 0.3) is 0 Å². The summed E-state index contributed by atoms with van der Waals surface area (Å²) in [4.78, 5) is 25.7. The van der Waals surface area contributed by atoms with Crippen molar-refractivity contribution < 1.29 is 9.72 Å². The maximum atomic E-state index is 11.6. The van der Waals surface area contributed by atoms with Crippen LogP contribution in [0.3, 0.4) is 0 Å². The van der Waals surface area contributed by atoms with Gasteiger partial charge in [-0.1, -0.05) is 11.6 Å². The first kappa shape index (κ1) is 16.7. The Balaban J connectivity index is 2.93. The third kappa shape index (κ3) is 5.65. The largest absolute Gasteiger partial charge is 0.369 e. The van der Waals surface area contributed by atoms with Crippen molar-refractivity contribution in [3.8, 4) is 0 Å². The van der Waals surface area contributed by atoms with Crippen LogP contribution in [0, 0.1) is 10.1 Å². The second kappa shape index (κ2) is 6.40. The van der Waals surface area contributed by atoms with Crippen LogP contribution in [-0.2, 0) is 0 Å². The van der Waals surface area contributed by atoms with E-state index < -0.39 is 16.5 Å². The molecule has 0 spiro atoms. The molecule has 8 nitrogen and oxygen atoms in total. The number of rotatable bonds is 2. The third-order valence-electron chi connectivity index (χ3n) is 2.11. The SMILES string of the molecule is CC(C)(C)NC(=O)NC(N)=Nc1ccc(Cl)cc1[N+](=O)[O-]. The van der Waals surface area contributed by atoms with Gasteiger partial charge < -0.3 is 11.1 Å². The monoisotopic (exact) mass is 313 g/mol. The molecule has 1 aromatic rings. The number of urea groups is 1. The number of nitro groups is 1. The number of nitrogens with zero attached hydrogens (tertiary/aromatic N) is 2. The summed E-state index contributed by atoms with van der Waals surface area (Å²) in [7, 11) is 0. The van der Waals surface area contributed by atoms with Crippen LogP contribution < -0.4 is 16.4 Å². The Morgan fingerprint density at radius 3 is 2.57 bits per heavy atom. The van der Waals surface area contributed by atoms with Crippen molar-refractivity contribution in [1.82, 2.24) is 10.6 Å². The van der Waals surface area contributed by atoms with Gasteiger partial charge in [-0.15, -0.1) is 0 Å². The molecular weight excluding hydrogens is 298 g/mol. The number of carbonyl (C=O) groups excluding carboxylic acids is 1.